The van der Waals surface area contributed by atoms with Gasteiger partial charge in [-0.3, -0.25) is 4.90 Å². The fraction of sp³-hybridized carbons (Fsp3) is 0.300. The molecule has 0 unspecified atom stereocenters. The molecular weight excluding hydrogens is 254 g/mol. The van der Waals surface area contributed by atoms with Crippen LogP contribution in [0.2, 0.25) is 0 Å². The summed E-state index contributed by atoms with van der Waals surface area (Å²) in [6, 6.07) is 17.5. The second-order valence-corrected chi connectivity index (χ2v) is 5.97. The second kappa shape index (κ2) is 6.73. The molecule has 1 aliphatic carbocycles. The van der Waals surface area contributed by atoms with E-state index in [1.54, 1.807) is 11.1 Å². The highest BCUT2D eigenvalue weighted by Gasteiger charge is 2.11. The predicted octanol–water partition coefficient (Wildman–Crippen LogP) is 4.32. The summed E-state index contributed by atoms with van der Waals surface area (Å²) in [4.78, 5) is 2.36. The molecule has 0 bridgehead atoms. The largest absolute Gasteiger partial charge is 0.298 e. The summed E-state index contributed by atoms with van der Waals surface area (Å²) in [5.74, 6) is 0. The van der Waals surface area contributed by atoms with E-state index in [0.717, 1.165) is 13.1 Å². The van der Waals surface area contributed by atoms with Crippen LogP contribution in [0.15, 0.2) is 54.6 Å². The summed E-state index contributed by atoms with van der Waals surface area (Å²) < 4.78 is 0. The minimum atomic E-state index is 0.978. The van der Waals surface area contributed by atoms with Gasteiger partial charge in [-0.1, -0.05) is 60.7 Å². The number of aryl methyl sites for hydroxylation is 2. The van der Waals surface area contributed by atoms with Gasteiger partial charge in [0.2, 0.25) is 0 Å². The molecule has 0 aliphatic heterocycles. The van der Waals surface area contributed by atoms with Gasteiger partial charge in [0.25, 0.3) is 0 Å². The summed E-state index contributed by atoms with van der Waals surface area (Å²) in [5, 5.41) is 0. The molecule has 0 fully saturated rings. The van der Waals surface area contributed by atoms with Crippen LogP contribution in [-0.4, -0.2) is 18.5 Å². The van der Waals surface area contributed by atoms with Crippen LogP contribution in [0.5, 0.6) is 0 Å². The molecule has 0 radical (unpaired) electrons. The Morgan fingerprint density at radius 2 is 1.81 bits per heavy atom. The summed E-state index contributed by atoms with van der Waals surface area (Å²) >= 11 is 0. The van der Waals surface area contributed by atoms with Crippen LogP contribution in [-0.2, 0) is 19.4 Å². The van der Waals surface area contributed by atoms with Crippen molar-refractivity contribution in [2.45, 2.75) is 25.8 Å². The normalized spacial score (nSPS) is 14.0. The highest BCUT2D eigenvalue weighted by molar-refractivity contribution is 5.48. The molecule has 0 N–H and O–H groups in total. The van der Waals surface area contributed by atoms with Crippen molar-refractivity contribution in [3.05, 3.63) is 76.9 Å². The van der Waals surface area contributed by atoms with Crippen molar-refractivity contribution in [2.75, 3.05) is 13.6 Å². The van der Waals surface area contributed by atoms with Crippen LogP contribution >= 0.6 is 0 Å². The Morgan fingerprint density at radius 3 is 2.67 bits per heavy atom. The third-order valence-corrected chi connectivity index (χ3v) is 4.14. The Bertz CT molecular complexity index is 613. The van der Waals surface area contributed by atoms with E-state index in [1.807, 2.05) is 0 Å². The molecular formula is C20H23N. The van der Waals surface area contributed by atoms with Crippen LogP contribution in [0, 0.1) is 0 Å². The zero-order valence-electron chi connectivity index (χ0n) is 12.8. The molecule has 3 rings (SSSR count). The van der Waals surface area contributed by atoms with Gasteiger partial charge in [0, 0.05) is 13.1 Å². The highest BCUT2D eigenvalue weighted by Crippen LogP contribution is 2.23. The predicted molar refractivity (Wildman–Crippen MR) is 90.3 cm³/mol. The number of likely N-dealkylation sites (N-methyl/N-ethyl adjacent to an activating group) is 1. The summed E-state index contributed by atoms with van der Waals surface area (Å²) in [6.45, 7) is 2.00. The highest BCUT2D eigenvalue weighted by atomic mass is 15.1. The van der Waals surface area contributed by atoms with Crippen molar-refractivity contribution >= 4 is 6.08 Å². The Hall–Kier alpha value is -1.86. The number of hydrogen-bond donors (Lipinski definition) is 0. The minimum Gasteiger partial charge on any atom is -0.298 e. The molecule has 0 saturated heterocycles. The Balaban J connectivity index is 1.54. The van der Waals surface area contributed by atoms with E-state index in [-0.39, 0.29) is 0 Å². The lowest BCUT2D eigenvalue weighted by Crippen LogP contribution is -2.17. The van der Waals surface area contributed by atoms with E-state index in [9.17, 15) is 0 Å². The number of rotatable bonds is 5. The van der Waals surface area contributed by atoms with Crippen molar-refractivity contribution < 1.29 is 0 Å². The van der Waals surface area contributed by atoms with Crippen LogP contribution < -0.4 is 0 Å². The van der Waals surface area contributed by atoms with E-state index in [0.29, 0.717) is 0 Å². The van der Waals surface area contributed by atoms with E-state index in [2.05, 4.69) is 72.6 Å². The monoisotopic (exact) mass is 277 g/mol. The summed E-state index contributed by atoms with van der Waals surface area (Å²) in [5.41, 5.74) is 5.83. The van der Waals surface area contributed by atoms with Crippen LogP contribution in [0.25, 0.3) is 6.08 Å². The van der Waals surface area contributed by atoms with Gasteiger partial charge in [0.1, 0.15) is 0 Å². The molecule has 21 heavy (non-hydrogen) atoms. The standard InChI is InChI=1S/C20H23N/c1-21(14-6-9-17-7-3-2-4-8-17)16-18-12-13-19-10-5-11-20(19)15-18/h2-4,6-9,12-13,15H,5,10-11,14,16H2,1H3. The van der Waals surface area contributed by atoms with Crippen molar-refractivity contribution in [3.63, 3.8) is 0 Å². The van der Waals surface area contributed by atoms with E-state index in [1.165, 1.54) is 30.4 Å². The van der Waals surface area contributed by atoms with E-state index < -0.39 is 0 Å². The summed E-state index contributed by atoms with van der Waals surface area (Å²) in [6.07, 6.45) is 8.29. The van der Waals surface area contributed by atoms with Gasteiger partial charge in [-0.05, 0) is 48.6 Å². The molecule has 0 aromatic heterocycles. The van der Waals surface area contributed by atoms with Gasteiger partial charge in [-0.2, -0.15) is 0 Å². The quantitative estimate of drug-likeness (QED) is 0.786. The Morgan fingerprint density at radius 1 is 1.00 bits per heavy atom. The van der Waals surface area contributed by atoms with Gasteiger partial charge >= 0.3 is 0 Å². The first kappa shape index (κ1) is 14.1. The van der Waals surface area contributed by atoms with Crippen molar-refractivity contribution in [1.29, 1.82) is 0 Å². The molecule has 1 nitrogen and oxygen atoms in total. The number of fused-ring (bicyclic) bond motifs is 1. The fourth-order valence-electron chi connectivity index (χ4n) is 3.03. The summed E-state index contributed by atoms with van der Waals surface area (Å²) in [7, 11) is 2.18. The molecule has 0 heterocycles. The van der Waals surface area contributed by atoms with Gasteiger partial charge in [0.15, 0.2) is 0 Å². The maximum absolute atomic E-state index is 2.40. The molecule has 0 saturated carbocycles. The second-order valence-electron chi connectivity index (χ2n) is 5.97. The maximum Gasteiger partial charge on any atom is 0.0234 e. The molecule has 0 atom stereocenters. The van der Waals surface area contributed by atoms with Gasteiger partial charge in [-0.25, -0.2) is 0 Å². The lowest BCUT2D eigenvalue weighted by atomic mass is 10.1. The van der Waals surface area contributed by atoms with Gasteiger partial charge in [-0.15, -0.1) is 0 Å². The maximum atomic E-state index is 2.40. The lowest BCUT2D eigenvalue weighted by molar-refractivity contribution is 0.364. The van der Waals surface area contributed by atoms with Crippen LogP contribution in [0.4, 0.5) is 0 Å². The zero-order chi connectivity index (χ0) is 14.5. The molecule has 0 spiro atoms. The first-order valence-corrected chi connectivity index (χ1v) is 7.82. The molecule has 0 amide bonds. The van der Waals surface area contributed by atoms with Crippen LogP contribution in [0.1, 0.15) is 28.7 Å². The SMILES string of the molecule is CN(CC=Cc1ccccc1)Cc1ccc2c(c1)CCC2. The third kappa shape index (κ3) is 3.83. The van der Waals surface area contributed by atoms with Crippen molar-refractivity contribution in [3.8, 4) is 0 Å². The Kier molecular flexibility index (Phi) is 4.52. The average molecular weight is 277 g/mol. The number of nitrogens with zero attached hydrogens (tertiary/aromatic N) is 1. The number of hydrogen-bond acceptors (Lipinski definition) is 1. The Labute approximate surface area is 127 Å². The molecule has 2 aromatic carbocycles. The number of benzene rings is 2. The fourth-order valence-corrected chi connectivity index (χ4v) is 3.03. The average Bonchev–Trinajstić information content (AvgIpc) is 2.96. The third-order valence-electron chi connectivity index (χ3n) is 4.14. The van der Waals surface area contributed by atoms with Crippen molar-refractivity contribution in [1.82, 2.24) is 4.90 Å². The van der Waals surface area contributed by atoms with E-state index >= 15 is 0 Å². The lowest BCUT2D eigenvalue weighted by Gasteiger charge is -2.15. The molecule has 1 aliphatic rings. The smallest absolute Gasteiger partial charge is 0.0234 e. The molecule has 108 valence electrons. The van der Waals surface area contributed by atoms with Crippen molar-refractivity contribution in [2.24, 2.45) is 0 Å². The van der Waals surface area contributed by atoms with Gasteiger partial charge < -0.3 is 0 Å². The topological polar surface area (TPSA) is 3.24 Å². The first-order valence-electron chi connectivity index (χ1n) is 7.82. The molecule has 1 heteroatoms. The minimum absolute atomic E-state index is 0.978. The van der Waals surface area contributed by atoms with Gasteiger partial charge in [0.05, 0.1) is 0 Å². The molecule has 2 aromatic rings. The van der Waals surface area contributed by atoms with E-state index in [4.69, 9.17) is 0 Å². The zero-order valence-corrected chi connectivity index (χ0v) is 12.8. The van der Waals surface area contributed by atoms with Crippen LogP contribution in [0.3, 0.4) is 0 Å². The first-order chi connectivity index (χ1) is 10.3.